The molecule has 0 aromatic carbocycles. The molecule has 0 saturated carbocycles. The van der Waals surface area contributed by atoms with Crippen LogP contribution in [0.5, 0.6) is 0 Å². The molecule has 0 unspecified atom stereocenters. The summed E-state index contributed by atoms with van der Waals surface area (Å²) >= 11 is 0. The van der Waals surface area contributed by atoms with Crippen molar-refractivity contribution in [2.45, 2.75) is 25.7 Å². The van der Waals surface area contributed by atoms with Crippen LogP contribution in [0.3, 0.4) is 0 Å². The smallest absolute Gasteiger partial charge is 0.271 e. The lowest BCUT2D eigenvalue weighted by Gasteiger charge is -2.21. The van der Waals surface area contributed by atoms with Gasteiger partial charge in [0.05, 0.1) is 0 Å². The van der Waals surface area contributed by atoms with Crippen molar-refractivity contribution in [3.05, 3.63) is 28.2 Å². The number of carbonyl (C=O) groups is 1. The Labute approximate surface area is 111 Å². The van der Waals surface area contributed by atoms with Crippen molar-refractivity contribution < 1.29 is 9.53 Å². The standard InChI is InChI=1S/C13H19N3O3/c17-12-4-3-11(15-16-12)13(18)14-7-1-2-10-5-8-19-9-6-10/h3-4,10H,1-2,5-9H2,(H,14,18)(H,16,17). The molecule has 1 saturated heterocycles. The van der Waals surface area contributed by atoms with Crippen LogP contribution < -0.4 is 10.9 Å². The fourth-order valence-corrected chi connectivity index (χ4v) is 2.19. The average Bonchev–Trinajstić information content (AvgIpc) is 2.45. The zero-order chi connectivity index (χ0) is 13.5. The maximum absolute atomic E-state index is 11.7. The summed E-state index contributed by atoms with van der Waals surface area (Å²) in [5.74, 6) is 0.472. The highest BCUT2D eigenvalue weighted by Crippen LogP contribution is 2.19. The average molecular weight is 265 g/mol. The number of rotatable bonds is 5. The predicted octanol–water partition coefficient (Wildman–Crippen LogP) is 0.706. The lowest BCUT2D eigenvalue weighted by Crippen LogP contribution is -2.27. The summed E-state index contributed by atoms with van der Waals surface area (Å²) in [7, 11) is 0. The van der Waals surface area contributed by atoms with Crippen LogP contribution in [0, 0.1) is 5.92 Å². The zero-order valence-corrected chi connectivity index (χ0v) is 10.9. The first-order valence-corrected chi connectivity index (χ1v) is 6.67. The Hall–Kier alpha value is -1.69. The van der Waals surface area contributed by atoms with Crippen molar-refractivity contribution in [2.75, 3.05) is 19.8 Å². The van der Waals surface area contributed by atoms with Gasteiger partial charge in [0.15, 0.2) is 0 Å². The van der Waals surface area contributed by atoms with Crippen LogP contribution >= 0.6 is 0 Å². The Balaban J connectivity index is 1.66. The molecule has 1 aromatic heterocycles. The van der Waals surface area contributed by atoms with Gasteiger partial charge in [-0.2, -0.15) is 5.10 Å². The normalized spacial score (nSPS) is 16.2. The van der Waals surface area contributed by atoms with E-state index in [0.29, 0.717) is 6.54 Å². The van der Waals surface area contributed by atoms with Gasteiger partial charge < -0.3 is 10.1 Å². The maximum atomic E-state index is 11.7. The van der Waals surface area contributed by atoms with E-state index in [1.165, 1.54) is 12.1 Å². The van der Waals surface area contributed by atoms with Crippen LogP contribution in [-0.2, 0) is 4.74 Å². The number of carbonyl (C=O) groups excluding carboxylic acids is 1. The third-order valence-electron chi connectivity index (χ3n) is 3.33. The summed E-state index contributed by atoms with van der Waals surface area (Å²) in [6, 6.07) is 2.72. The maximum Gasteiger partial charge on any atom is 0.271 e. The predicted molar refractivity (Wildman–Crippen MR) is 70.0 cm³/mol. The van der Waals surface area contributed by atoms with E-state index in [4.69, 9.17) is 4.74 Å². The molecule has 104 valence electrons. The minimum atomic E-state index is -0.309. The zero-order valence-electron chi connectivity index (χ0n) is 10.9. The fraction of sp³-hybridized carbons (Fsp3) is 0.615. The molecule has 2 heterocycles. The summed E-state index contributed by atoms with van der Waals surface area (Å²) in [4.78, 5) is 22.5. The number of ether oxygens (including phenoxy) is 1. The molecule has 1 aliphatic heterocycles. The Bertz CT molecular complexity index is 446. The van der Waals surface area contributed by atoms with Crippen LogP contribution in [0.4, 0.5) is 0 Å². The molecule has 0 spiro atoms. The number of H-pyrrole nitrogens is 1. The Morgan fingerprint density at radius 1 is 1.42 bits per heavy atom. The molecule has 1 aliphatic rings. The van der Waals surface area contributed by atoms with Gasteiger partial charge in [-0.1, -0.05) is 0 Å². The molecular formula is C13H19N3O3. The second kappa shape index (κ2) is 7.04. The summed E-state index contributed by atoms with van der Waals surface area (Å²) in [6.07, 6.45) is 4.31. The highest BCUT2D eigenvalue weighted by molar-refractivity contribution is 5.91. The van der Waals surface area contributed by atoms with Crippen LogP contribution in [0.15, 0.2) is 16.9 Å². The van der Waals surface area contributed by atoms with Gasteiger partial charge in [0.2, 0.25) is 0 Å². The number of hydrogen-bond donors (Lipinski definition) is 2. The first kappa shape index (κ1) is 13.7. The Kier molecular flexibility index (Phi) is 5.09. The molecule has 6 nitrogen and oxygen atoms in total. The SMILES string of the molecule is O=C(NCCCC1CCOCC1)c1ccc(=O)[nH]n1. The van der Waals surface area contributed by atoms with E-state index in [1.807, 2.05) is 0 Å². The minimum absolute atomic E-state index is 0.241. The van der Waals surface area contributed by atoms with Crippen molar-refractivity contribution in [2.24, 2.45) is 5.92 Å². The molecule has 2 rings (SSSR count). The van der Waals surface area contributed by atoms with Crippen molar-refractivity contribution in [1.82, 2.24) is 15.5 Å². The Morgan fingerprint density at radius 2 is 2.21 bits per heavy atom. The molecule has 0 bridgehead atoms. The van der Waals surface area contributed by atoms with Crippen LogP contribution in [0.2, 0.25) is 0 Å². The Morgan fingerprint density at radius 3 is 2.89 bits per heavy atom. The topological polar surface area (TPSA) is 84.1 Å². The lowest BCUT2D eigenvalue weighted by atomic mass is 9.95. The summed E-state index contributed by atoms with van der Waals surface area (Å²) in [5.41, 5.74) is -0.0678. The highest BCUT2D eigenvalue weighted by atomic mass is 16.5. The van der Waals surface area contributed by atoms with Crippen LogP contribution in [0.1, 0.15) is 36.2 Å². The van der Waals surface area contributed by atoms with E-state index in [9.17, 15) is 9.59 Å². The van der Waals surface area contributed by atoms with Crippen molar-refractivity contribution >= 4 is 5.91 Å². The fourth-order valence-electron chi connectivity index (χ4n) is 2.19. The molecular weight excluding hydrogens is 246 g/mol. The first-order valence-electron chi connectivity index (χ1n) is 6.67. The van der Waals surface area contributed by atoms with Gasteiger partial charge in [0, 0.05) is 25.8 Å². The van der Waals surface area contributed by atoms with E-state index in [2.05, 4.69) is 15.5 Å². The monoisotopic (exact) mass is 265 g/mol. The van der Waals surface area contributed by atoms with E-state index in [1.54, 1.807) is 0 Å². The molecule has 19 heavy (non-hydrogen) atoms. The lowest BCUT2D eigenvalue weighted by molar-refractivity contribution is 0.0631. The van der Waals surface area contributed by atoms with Gasteiger partial charge in [0.25, 0.3) is 11.5 Å². The van der Waals surface area contributed by atoms with E-state index < -0.39 is 0 Å². The number of hydrogen-bond acceptors (Lipinski definition) is 4. The third kappa shape index (κ3) is 4.48. The van der Waals surface area contributed by atoms with E-state index in [-0.39, 0.29) is 17.2 Å². The second-order valence-corrected chi connectivity index (χ2v) is 4.76. The second-order valence-electron chi connectivity index (χ2n) is 4.76. The van der Waals surface area contributed by atoms with Gasteiger partial charge in [-0.3, -0.25) is 9.59 Å². The highest BCUT2D eigenvalue weighted by Gasteiger charge is 2.13. The molecule has 0 atom stereocenters. The summed E-state index contributed by atoms with van der Waals surface area (Å²) in [5, 5.41) is 8.73. The summed E-state index contributed by atoms with van der Waals surface area (Å²) < 4.78 is 5.30. The molecule has 6 heteroatoms. The molecule has 0 radical (unpaired) electrons. The van der Waals surface area contributed by atoms with Crippen molar-refractivity contribution in [3.63, 3.8) is 0 Å². The molecule has 2 N–H and O–H groups in total. The molecule has 1 fully saturated rings. The van der Waals surface area contributed by atoms with Gasteiger partial charge in [-0.15, -0.1) is 0 Å². The van der Waals surface area contributed by atoms with Crippen LogP contribution in [0.25, 0.3) is 0 Å². The number of nitrogens with zero attached hydrogens (tertiary/aromatic N) is 1. The van der Waals surface area contributed by atoms with Gasteiger partial charge >= 0.3 is 0 Å². The third-order valence-corrected chi connectivity index (χ3v) is 3.33. The van der Waals surface area contributed by atoms with E-state index in [0.717, 1.165) is 44.8 Å². The number of amides is 1. The quantitative estimate of drug-likeness (QED) is 0.768. The van der Waals surface area contributed by atoms with Crippen molar-refractivity contribution in [3.8, 4) is 0 Å². The van der Waals surface area contributed by atoms with Gasteiger partial charge in [-0.05, 0) is 37.7 Å². The largest absolute Gasteiger partial charge is 0.381 e. The number of aromatic amines is 1. The van der Waals surface area contributed by atoms with Gasteiger partial charge in [0.1, 0.15) is 5.69 Å². The van der Waals surface area contributed by atoms with Crippen LogP contribution in [-0.4, -0.2) is 35.9 Å². The molecule has 0 aliphatic carbocycles. The first-order chi connectivity index (χ1) is 9.25. The summed E-state index contributed by atoms with van der Waals surface area (Å²) in [6.45, 7) is 2.35. The van der Waals surface area contributed by atoms with Gasteiger partial charge in [-0.25, -0.2) is 5.10 Å². The van der Waals surface area contributed by atoms with E-state index >= 15 is 0 Å². The number of nitrogens with one attached hydrogen (secondary N) is 2. The molecule has 1 amide bonds. The van der Waals surface area contributed by atoms with Crippen molar-refractivity contribution in [1.29, 1.82) is 0 Å². The number of aromatic nitrogens is 2. The molecule has 1 aromatic rings. The minimum Gasteiger partial charge on any atom is -0.381 e.